The Bertz CT molecular complexity index is 1200. The molecule has 34 heavy (non-hydrogen) atoms. The number of pyridine rings is 1. The molecule has 2 aliphatic rings. The van der Waals surface area contributed by atoms with Crippen LogP contribution in [0, 0.1) is 0 Å². The molecule has 0 spiro atoms. The van der Waals surface area contributed by atoms with Gasteiger partial charge in [0.25, 0.3) is 0 Å². The zero-order chi connectivity index (χ0) is 23.3. The first-order valence-corrected chi connectivity index (χ1v) is 11.6. The quantitative estimate of drug-likeness (QED) is 0.537. The molecule has 1 fully saturated rings. The fourth-order valence-corrected chi connectivity index (χ4v) is 4.54. The van der Waals surface area contributed by atoms with Crippen LogP contribution >= 0.6 is 0 Å². The first kappa shape index (κ1) is 22.5. The fraction of sp³-hybridized carbons (Fsp3) is 0.370. The number of fused-ring (bicyclic) bond motifs is 3. The Hall–Kier alpha value is -3.29. The van der Waals surface area contributed by atoms with E-state index in [1.165, 1.54) is 0 Å². The van der Waals surface area contributed by atoms with Gasteiger partial charge in [-0.05, 0) is 24.1 Å². The van der Waals surface area contributed by atoms with Gasteiger partial charge in [-0.25, -0.2) is 0 Å². The van der Waals surface area contributed by atoms with Crippen molar-refractivity contribution in [1.82, 2.24) is 4.57 Å². The summed E-state index contributed by atoms with van der Waals surface area (Å²) in [5.74, 6) is 2.30. The van der Waals surface area contributed by atoms with Crippen molar-refractivity contribution in [1.29, 1.82) is 0 Å². The molecule has 7 nitrogen and oxygen atoms in total. The number of hydrogen-bond acceptors (Lipinski definition) is 6. The second kappa shape index (κ2) is 10.3. The van der Waals surface area contributed by atoms with Gasteiger partial charge in [-0.1, -0.05) is 30.3 Å². The number of benzene rings is 2. The van der Waals surface area contributed by atoms with E-state index in [2.05, 4.69) is 28.8 Å². The van der Waals surface area contributed by atoms with Gasteiger partial charge < -0.3 is 28.3 Å². The van der Waals surface area contributed by atoms with Crippen LogP contribution in [0.5, 0.6) is 17.2 Å². The van der Waals surface area contributed by atoms with Crippen LogP contribution in [0.4, 0.5) is 0 Å². The van der Waals surface area contributed by atoms with Crippen molar-refractivity contribution >= 4 is 0 Å². The van der Waals surface area contributed by atoms with E-state index in [9.17, 15) is 0 Å². The monoisotopic (exact) mass is 462 g/mol. The summed E-state index contributed by atoms with van der Waals surface area (Å²) in [7, 11) is 3.35. The highest BCUT2D eigenvalue weighted by molar-refractivity contribution is 5.72. The number of aromatic nitrogens is 1. The van der Waals surface area contributed by atoms with Crippen molar-refractivity contribution in [2.24, 2.45) is 4.99 Å². The van der Waals surface area contributed by atoms with Gasteiger partial charge in [0.1, 0.15) is 23.9 Å². The van der Waals surface area contributed by atoms with Crippen LogP contribution in [-0.2, 0) is 29.0 Å². The van der Waals surface area contributed by atoms with E-state index in [4.69, 9.17) is 28.7 Å². The molecule has 1 aromatic heterocycles. The van der Waals surface area contributed by atoms with E-state index in [1.807, 2.05) is 30.3 Å². The van der Waals surface area contributed by atoms with Gasteiger partial charge in [-0.15, -0.1) is 0 Å². The predicted octanol–water partition coefficient (Wildman–Crippen LogP) is 3.62. The molecule has 0 radical (unpaired) electrons. The standard InChI is InChI=1S/C27H30N2O5/c1-30-25-9-8-22-23(27(25)31-2)10-11-29-24(22)14-20(34-17-19-6-4-3-5-7-19)15-26(29)28-16-21-18-32-12-13-33-21/h3-9,14-15,21H,10-13,16-18H2,1-2H3/b28-26+. The molecule has 1 unspecified atom stereocenters. The summed E-state index contributed by atoms with van der Waals surface area (Å²) < 4.78 is 31.1. The van der Waals surface area contributed by atoms with Gasteiger partial charge in [-0.3, -0.25) is 4.99 Å². The Labute approximate surface area is 199 Å². The molecule has 0 aliphatic carbocycles. The van der Waals surface area contributed by atoms with E-state index in [-0.39, 0.29) is 6.10 Å². The predicted molar refractivity (Wildman–Crippen MR) is 128 cm³/mol. The molecule has 7 heteroatoms. The lowest BCUT2D eigenvalue weighted by Gasteiger charge is -2.26. The van der Waals surface area contributed by atoms with Crippen LogP contribution in [0.15, 0.2) is 59.6 Å². The van der Waals surface area contributed by atoms with Crippen LogP contribution in [-0.4, -0.2) is 51.3 Å². The zero-order valence-corrected chi connectivity index (χ0v) is 19.7. The minimum atomic E-state index is -0.0286. The van der Waals surface area contributed by atoms with E-state index in [0.717, 1.165) is 58.1 Å². The summed E-state index contributed by atoms with van der Waals surface area (Å²) in [5, 5.41) is 0. The summed E-state index contributed by atoms with van der Waals surface area (Å²) in [6.45, 7) is 3.64. The number of rotatable bonds is 7. The summed E-state index contributed by atoms with van der Waals surface area (Å²) in [4.78, 5) is 4.93. The topological polar surface area (TPSA) is 63.4 Å². The minimum Gasteiger partial charge on any atom is -0.493 e. The SMILES string of the molecule is COc1ccc2c(c1OC)CCn1c-2cc(OCc2ccccc2)c/c1=N\CC1COCCO1. The van der Waals surface area contributed by atoms with Crippen LogP contribution in [0.1, 0.15) is 11.1 Å². The number of hydrogen-bond donors (Lipinski definition) is 0. The zero-order valence-electron chi connectivity index (χ0n) is 19.7. The van der Waals surface area contributed by atoms with Crippen molar-refractivity contribution in [2.75, 3.05) is 40.6 Å². The van der Waals surface area contributed by atoms with Gasteiger partial charge in [0.05, 0.1) is 46.3 Å². The molecule has 3 heterocycles. The van der Waals surface area contributed by atoms with Crippen LogP contribution < -0.4 is 19.7 Å². The second-order valence-corrected chi connectivity index (χ2v) is 8.35. The Balaban J connectivity index is 1.55. The minimum absolute atomic E-state index is 0.0286. The van der Waals surface area contributed by atoms with E-state index < -0.39 is 0 Å². The van der Waals surface area contributed by atoms with Crippen LogP contribution in [0.3, 0.4) is 0 Å². The van der Waals surface area contributed by atoms with Crippen LogP contribution in [0.2, 0.25) is 0 Å². The summed E-state index contributed by atoms with van der Waals surface area (Å²) in [6.07, 6.45) is 0.794. The molecule has 2 aromatic carbocycles. The molecule has 178 valence electrons. The molecule has 2 aliphatic heterocycles. The van der Waals surface area contributed by atoms with Gasteiger partial charge in [0.2, 0.25) is 0 Å². The first-order chi connectivity index (χ1) is 16.8. The fourth-order valence-electron chi connectivity index (χ4n) is 4.54. The Morgan fingerprint density at radius 2 is 1.91 bits per heavy atom. The van der Waals surface area contributed by atoms with Crippen molar-refractivity contribution in [2.45, 2.75) is 25.7 Å². The molecular formula is C27H30N2O5. The maximum Gasteiger partial charge on any atom is 0.164 e. The van der Waals surface area contributed by atoms with Crippen LogP contribution in [0.25, 0.3) is 11.3 Å². The lowest BCUT2D eigenvalue weighted by atomic mass is 9.95. The maximum atomic E-state index is 6.22. The smallest absolute Gasteiger partial charge is 0.164 e. The van der Waals surface area contributed by atoms with Gasteiger partial charge in [-0.2, -0.15) is 0 Å². The molecule has 0 bridgehead atoms. The van der Waals surface area contributed by atoms with Gasteiger partial charge in [0, 0.05) is 29.8 Å². The molecule has 0 N–H and O–H groups in total. The van der Waals surface area contributed by atoms with Gasteiger partial charge >= 0.3 is 0 Å². The summed E-state index contributed by atoms with van der Waals surface area (Å²) in [6, 6.07) is 18.3. The lowest BCUT2D eigenvalue weighted by Crippen LogP contribution is -2.33. The molecule has 1 saturated heterocycles. The Morgan fingerprint density at radius 1 is 1.03 bits per heavy atom. The highest BCUT2D eigenvalue weighted by Gasteiger charge is 2.23. The highest BCUT2D eigenvalue weighted by atomic mass is 16.6. The van der Waals surface area contributed by atoms with Crippen molar-refractivity contribution in [3.05, 3.63) is 71.2 Å². The van der Waals surface area contributed by atoms with E-state index in [0.29, 0.717) is 33.0 Å². The van der Waals surface area contributed by atoms with E-state index >= 15 is 0 Å². The Morgan fingerprint density at radius 3 is 2.68 bits per heavy atom. The average Bonchev–Trinajstić information content (AvgIpc) is 2.90. The summed E-state index contributed by atoms with van der Waals surface area (Å²) >= 11 is 0. The van der Waals surface area contributed by atoms with Crippen molar-refractivity contribution in [3.8, 4) is 28.5 Å². The summed E-state index contributed by atoms with van der Waals surface area (Å²) in [5.41, 5.74) is 5.27. The normalized spacial score (nSPS) is 17.6. The maximum absolute atomic E-state index is 6.22. The molecular weight excluding hydrogens is 432 g/mol. The van der Waals surface area contributed by atoms with Gasteiger partial charge in [0.15, 0.2) is 11.5 Å². The highest BCUT2D eigenvalue weighted by Crippen LogP contribution is 2.41. The molecule has 1 atom stereocenters. The first-order valence-electron chi connectivity index (χ1n) is 11.6. The number of ether oxygens (including phenoxy) is 5. The largest absolute Gasteiger partial charge is 0.493 e. The molecule has 3 aromatic rings. The van der Waals surface area contributed by atoms with Crippen molar-refractivity contribution in [3.63, 3.8) is 0 Å². The third-order valence-corrected chi connectivity index (χ3v) is 6.22. The van der Waals surface area contributed by atoms with E-state index in [1.54, 1.807) is 14.2 Å². The molecule has 0 amide bonds. The molecule has 0 saturated carbocycles. The molecule has 5 rings (SSSR count). The lowest BCUT2D eigenvalue weighted by molar-refractivity contribution is -0.0835. The number of methoxy groups -OCH3 is 2. The Kier molecular flexibility index (Phi) is 6.83. The number of nitrogens with zero attached hydrogens (tertiary/aromatic N) is 2. The van der Waals surface area contributed by atoms with Crippen molar-refractivity contribution < 1.29 is 23.7 Å². The average molecular weight is 463 g/mol. The second-order valence-electron chi connectivity index (χ2n) is 8.35. The third-order valence-electron chi connectivity index (χ3n) is 6.22. The third kappa shape index (κ3) is 4.67.